The van der Waals surface area contributed by atoms with Crippen LogP contribution in [0.4, 0.5) is 5.95 Å². The maximum absolute atomic E-state index is 5.81. The third-order valence-corrected chi connectivity index (χ3v) is 2.76. The quantitative estimate of drug-likeness (QED) is 0.736. The van der Waals surface area contributed by atoms with Gasteiger partial charge in [0.1, 0.15) is 11.4 Å². The summed E-state index contributed by atoms with van der Waals surface area (Å²) in [6, 6.07) is 1.57. The van der Waals surface area contributed by atoms with Crippen molar-refractivity contribution in [3.63, 3.8) is 0 Å². The zero-order valence-electron chi connectivity index (χ0n) is 10.2. The number of anilines is 1. The van der Waals surface area contributed by atoms with Gasteiger partial charge in [0, 0.05) is 6.07 Å². The Morgan fingerprint density at radius 3 is 3.00 bits per heavy atom. The Bertz CT molecular complexity index is 734. The van der Waals surface area contributed by atoms with Gasteiger partial charge in [-0.05, 0) is 6.42 Å². The van der Waals surface area contributed by atoms with E-state index in [1.807, 2.05) is 0 Å². The van der Waals surface area contributed by atoms with Crippen LogP contribution in [0.1, 0.15) is 19.0 Å². The molecule has 0 aliphatic rings. The summed E-state index contributed by atoms with van der Waals surface area (Å²) < 4.78 is 6.75. The lowest BCUT2D eigenvalue weighted by molar-refractivity contribution is 0.567. The maximum Gasteiger partial charge on any atom is 0.267 e. The monoisotopic (exact) mass is 278 g/mol. The van der Waals surface area contributed by atoms with Crippen LogP contribution in [-0.2, 0) is 6.42 Å². The Labute approximate surface area is 113 Å². The highest BCUT2D eigenvalue weighted by Crippen LogP contribution is 2.19. The van der Waals surface area contributed by atoms with Crippen LogP contribution in [0, 0.1) is 0 Å². The third kappa shape index (κ3) is 2.12. The first-order chi connectivity index (χ1) is 9.17. The minimum Gasteiger partial charge on any atom is -0.442 e. The number of hydrogen-bond acceptors (Lipinski definition) is 6. The Morgan fingerprint density at radius 1 is 1.37 bits per heavy atom. The Hall–Kier alpha value is -2.15. The Kier molecular flexibility index (Phi) is 2.83. The van der Waals surface area contributed by atoms with Crippen LogP contribution in [0.2, 0.25) is 5.15 Å². The standard InChI is InChI=1S/C11H11ClN6O/c1-2-3-6-5-19-10(14-6)9-16-8-4-7(12)15-11(13)18(8)17-9/h4-5H,2-3H2,1H3,(H2,13,15). The molecule has 0 amide bonds. The van der Waals surface area contributed by atoms with Crippen LogP contribution < -0.4 is 5.73 Å². The van der Waals surface area contributed by atoms with Gasteiger partial charge in [0.25, 0.3) is 5.89 Å². The highest BCUT2D eigenvalue weighted by Gasteiger charge is 2.14. The number of fused-ring (bicyclic) bond motifs is 1. The molecule has 8 heteroatoms. The number of nitrogen functional groups attached to an aromatic ring is 1. The van der Waals surface area contributed by atoms with Gasteiger partial charge in [-0.2, -0.15) is 4.52 Å². The molecule has 0 spiro atoms. The molecule has 3 heterocycles. The fourth-order valence-corrected chi connectivity index (χ4v) is 1.94. The summed E-state index contributed by atoms with van der Waals surface area (Å²) in [4.78, 5) is 12.5. The van der Waals surface area contributed by atoms with E-state index in [1.54, 1.807) is 12.3 Å². The van der Waals surface area contributed by atoms with Crippen molar-refractivity contribution in [2.75, 3.05) is 5.73 Å². The molecule has 0 saturated heterocycles. The molecule has 3 aromatic rings. The van der Waals surface area contributed by atoms with E-state index in [-0.39, 0.29) is 11.1 Å². The van der Waals surface area contributed by atoms with E-state index < -0.39 is 0 Å². The molecule has 0 unspecified atom stereocenters. The van der Waals surface area contributed by atoms with Crippen molar-refractivity contribution in [3.8, 4) is 11.7 Å². The van der Waals surface area contributed by atoms with Crippen LogP contribution in [0.25, 0.3) is 17.4 Å². The van der Waals surface area contributed by atoms with Gasteiger partial charge in [0.15, 0.2) is 5.65 Å². The molecule has 0 aromatic carbocycles. The molecule has 0 aliphatic carbocycles. The maximum atomic E-state index is 5.81. The number of nitrogens with two attached hydrogens (primary N) is 1. The molecule has 0 saturated carbocycles. The van der Waals surface area contributed by atoms with Crippen molar-refractivity contribution >= 4 is 23.2 Å². The van der Waals surface area contributed by atoms with Crippen LogP contribution in [-0.4, -0.2) is 24.6 Å². The molecule has 7 nitrogen and oxygen atoms in total. The van der Waals surface area contributed by atoms with Gasteiger partial charge in [-0.3, -0.25) is 0 Å². The predicted octanol–water partition coefficient (Wildman–Crippen LogP) is 1.97. The largest absolute Gasteiger partial charge is 0.442 e. The van der Waals surface area contributed by atoms with Crippen LogP contribution >= 0.6 is 11.6 Å². The molecule has 0 radical (unpaired) electrons. The number of nitrogens with zero attached hydrogens (tertiary/aromatic N) is 5. The van der Waals surface area contributed by atoms with E-state index in [0.717, 1.165) is 18.5 Å². The first-order valence-electron chi connectivity index (χ1n) is 5.81. The summed E-state index contributed by atoms with van der Waals surface area (Å²) in [5, 5.41) is 4.47. The lowest BCUT2D eigenvalue weighted by Crippen LogP contribution is -2.01. The van der Waals surface area contributed by atoms with Crippen molar-refractivity contribution in [2.24, 2.45) is 0 Å². The highest BCUT2D eigenvalue weighted by molar-refractivity contribution is 6.29. The van der Waals surface area contributed by atoms with E-state index >= 15 is 0 Å². The number of rotatable bonds is 3. The van der Waals surface area contributed by atoms with Gasteiger partial charge < -0.3 is 10.2 Å². The number of aromatic nitrogens is 5. The molecule has 0 atom stereocenters. The normalized spacial score (nSPS) is 11.3. The third-order valence-electron chi connectivity index (χ3n) is 2.57. The molecule has 3 aromatic heterocycles. The van der Waals surface area contributed by atoms with Crippen LogP contribution in [0.15, 0.2) is 16.7 Å². The summed E-state index contributed by atoms with van der Waals surface area (Å²) in [5.74, 6) is 0.891. The SMILES string of the molecule is CCCc1coc(-c2nc3cc(Cl)nc(N)n3n2)n1. The minimum absolute atomic E-state index is 0.168. The van der Waals surface area contributed by atoms with E-state index in [2.05, 4.69) is 27.0 Å². The van der Waals surface area contributed by atoms with Gasteiger partial charge >= 0.3 is 0 Å². The van der Waals surface area contributed by atoms with Gasteiger partial charge in [-0.25, -0.2) is 15.0 Å². The van der Waals surface area contributed by atoms with Crippen molar-refractivity contribution in [2.45, 2.75) is 19.8 Å². The molecule has 3 rings (SSSR count). The van der Waals surface area contributed by atoms with E-state index in [1.165, 1.54) is 4.52 Å². The lowest BCUT2D eigenvalue weighted by Gasteiger charge is -1.95. The van der Waals surface area contributed by atoms with Crippen LogP contribution in [0.5, 0.6) is 0 Å². The molecular weight excluding hydrogens is 268 g/mol. The van der Waals surface area contributed by atoms with Gasteiger partial charge in [0.05, 0.1) is 5.69 Å². The highest BCUT2D eigenvalue weighted by atomic mass is 35.5. The average Bonchev–Trinajstić information content (AvgIpc) is 2.95. The molecule has 0 aliphatic heterocycles. The van der Waals surface area contributed by atoms with Gasteiger partial charge in [-0.15, -0.1) is 5.10 Å². The molecule has 0 bridgehead atoms. The topological polar surface area (TPSA) is 95.1 Å². The second kappa shape index (κ2) is 4.51. The zero-order valence-corrected chi connectivity index (χ0v) is 10.9. The smallest absolute Gasteiger partial charge is 0.267 e. The molecule has 2 N–H and O–H groups in total. The zero-order chi connectivity index (χ0) is 13.4. The Morgan fingerprint density at radius 2 is 2.21 bits per heavy atom. The Balaban J connectivity index is 2.07. The average molecular weight is 279 g/mol. The summed E-state index contributed by atoms with van der Waals surface area (Å²) in [6.07, 6.45) is 3.46. The number of hydrogen-bond donors (Lipinski definition) is 1. The van der Waals surface area contributed by atoms with Crippen molar-refractivity contribution in [1.82, 2.24) is 24.6 Å². The number of halogens is 1. The second-order valence-corrected chi connectivity index (χ2v) is 4.42. The van der Waals surface area contributed by atoms with E-state index in [9.17, 15) is 0 Å². The van der Waals surface area contributed by atoms with Crippen molar-refractivity contribution < 1.29 is 4.42 Å². The van der Waals surface area contributed by atoms with Crippen LogP contribution in [0.3, 0.4) is 0 Å². The van der Waals surface area contributed by atoms with E-state index in [0.29, 0.717) is 17.4 Å². The number of oxazole rings is 1. The molecule has 19 heavy (non-hydrogen) atoms. The summed E-state index contributed by atoms with van der Waals surface area (Å²) in [6.45, 7) is 2.08. The van der Waals surface area contributed by atoms with Crippen molar-refractivity contribution in [3.05, 3.63) is 23.2 Å². The predicted molar refractivity (Wildman–Crippen MR) is 69.7 cm³/mol. The first kappa shape index (κ1) is 11.9. The second-order valence-electron chi connectivity index (χ2n) is 4.04. The molecule has 0 fully saturated rings. The summed E-state index contributed by atoms with van der Waals surface area (Å²) in [7, 11) is 0. The van der Waals surface area contributed by atoms with Crippen molar-refractivity contribution in [1.29, 1.82) is 0 Å². The number of aryl methyl sites for hydroxylation is 1. The lowest BCUT2D eigenvalue weighted by atomic mass is 10.3. The van der Waals surface area contributed by atoms with Gasteiger partial charge in [0.2, 0.25) is 11.8 Å². The minimum atomic E-state index is 0.168. The van der Waals surface area contributed by atoms with E-state index in [4.69, 9.17) is 21.8 Å². The fraction of sp³-hybridized carbons (Fsp3) is 0.273. The molecule has 98 valence electrons. The summed E-state index contributed by atoms with van der Waals surface area (Å²) in [5.41, 5.74) is 7.09. The summed E-state index contributed by atoms with van der Waals surface area (Å²) >= 11 is 5.81. The fourth-order valence-electron chi connectivity index (χ4n) is 1.75. The molecular formula is C11H11ClN6O. The first-order valence-corrected chi connectivity index (χ1v) is 6.18. The van der Waals surface area contributed by atoms with Gasteiger partial charge in [-0.1, -0.05) is 24.9 Å².